The summed E-state index contributed by atoms with van der Waals surface area (Å²) in [7, 11) is 1.69. The fourth-order valence-corrected chi connectivity index (χ4v) is 7.06. The number of aliphatic hydroxyl groups is 1. The Hall–Kier alpha value is -4.40. The Labute approximate surface area is 280 Å². The molecule has 240 valence electrons. The van der Waals surface area contributed by atoms with Crippen LogP contribution in [-0.4, -0.2) is 30.0 Å². The van der Waals surface area contributed by atoms with Crippen molar-refractivity contribution in [2.24, 2.45) is 5.92 Å². The standard InChI is InChI=1S/C40H39NO5S/c1-27-36(26-47-37-15-9-8-14-35(37)44-2)45-40(46-38(27)30-18-16-28(25-42)17-19-30)32-22-20-29(21-23-32)34-13-7-6-12-33(34)24-41-39(43)31-10-4-3-5-11-31/h3-23,27,36,38,40,42H,24-26H2,1-2H3,(H,41,43)/t27-,36+,38+,40+/m0/s1. The number of hydrogen-bond acceptors (Lipinski definition) is 6. The molecule has 6 nitrogen and oxygen atoms in total. The number of carbonyl (C=O) groups excluding carboxylic acids is 1. The fourth-order valence-electron chi connectivity index (χ4n) is 5.86. The van der Waals surface area contributed by atoms with Crippen molar-refractivity contribution < 1.29 is 24.1 Å². The number of thioether (sulfide) groups is 1. The molecule has 0 radical (unpaired) electrons. The van der Waals surface area contributed by atoms with E-state index in [2.05, 4.69) is 48.6 Å². The molecule has 1 fully saturated rings. The second kappa shape index (κ2) is 15.5. The van der Waals surface area contributed by atoms with Crippen LogP contribution in [0.4, 0.5) is 0 Å². The number of nitrogens with one attached hydrogen (secondary N) is 1. The van der Waals surface area contributed by atoms with Crippen molar-refractivity contribution in [1.82, 2.24) is 5.32 Å². The van der Waals surface area contributed by atoms with Crippen molar-refractivity contribution in [3.05, 3.63) is 155 Å². The van der Waals surface area contributed by atoms with Gasteiger partial charge in [0, 0.05) is 34.2 Å². The van der Waals surface area contributed by atoms with Gasteiger partial charge in [0.05, 0.1) is 25.9 Å². The van der Waals surface area contributed by atoms with Gasteiger partial charge in [-0.05, 0) is 52.1 Å². The van der Waals surface area contributed by atoms with Gasteiger partial charge in [-0.3, -0.25) is 4.79 Å². The Morgan fingerprint density at radius 3 is 2.23 bits per heavy atom. The normalized spacial score (nSPS) is 19.2. The van der Waals surface area contributed by atoms with Crippen LogP contribution in [0.3, 0.4) is 0 Å². The van der Waals surface area contributed by atoms with Crippen LogP contribution in [0.1, 0.15) is 51.9 Å². The molecule has 1 amide bonds. The van der Waals surface area contributed by atoms with Gasteiger partial charge in [-0.25, -0.2) is 0 Å². The van der Waals surface area contributed by atoms with Gasteiger partial charge in [-0.2, -0.15) is 0 Å². The van der Waals surface area contributed by atoms with E-state index in [-0.39, 0.29) is 30.6 Å². The highest BCUT2D eigenvalue weighted by Gasteiger charge is 2.38. The van der Waals surface area contributed by atoms with Gasteiger partial charge in [0.25, 0.3) is 5.91 Å². The lowest BCUT2D eigenvalue weighted by molar-refractivity contribution is -0.268. The number of methoxy groups -OCH3 is 1. The molecule has 0 saturated carbocycles. The zero-order valence-electron chi connectivity index (χ0n) is 26.5. The molecule has 4 atom stereocenters. The van der Waals surface area contributed by atoms with Gasteiger partial charge in [0.1, 0.15) is 5.75 Å². The molecule has 0 aliphatic carbocycles. The molecule has 47 heavy (non-hydrogen) atoms. The monoisotopic (exact) mass is 645 g/mol. The summed E-state index contributed by atoms with van der Waals surface area (Å²) in [5, 5.41) is 12.6. The first-order valence-electron chi connectivity index (χ1n) is 15.8. The molecule has 1 aliphatic rings. The van der Waals surface area contributed by atoms with E-state index in [0.717, 1.165) is 49.8 Å². The van der Waals surface area contributed by atoms with Crippen molar-refractivity contribution in [3.63, 3.8) is 0 Å². The van der Waals surface area contributed by atoms with E-state index in [1.807, 2.05) is 91.0 Å². The molecule has 0 unspecified atom stereocenters. The van der Waals surface area contributed by atoms with Crippen LogP contribution in [0.25, 0.3) is 11.1 Å². The number of ether oxygens (including phenoxy) is 3. The average Bonchev–Trinajstić information content (AvgIpc) is 3.14. The summed E-state index contributed by atoms with van der Waals surface area (Å²) in [6.07, 6.45) is -0.857. The van der Waals surface area contributed by atoms with Gasteiger partial charge < -0.3 is 24.6 Å². The maximum atomic E-state index is 12.7. The molecule has 1 aliphatic heterocycles. The van der Waals surface area contributed by atoms with E-state index in [1.54, 1.807) is 18.9 Å². The lowest BCUT2D eigenvalue weighted by atomic mass is 9.91. The van der Waals surface area contributed by atoms with Crippen LogP contribution in [0.5, 0.6) is 5.75 Å². The topological polar surface area (TPSA) is 77.0 Å². The maximum absolute atomic E-state index is 12.7. The van der Waals surface area contributed by atoms with E-state index in [4.69, 9.17) is 14.2 Å². The molecule has 1 heterocycles. The molecular formula is C40H39NO5S. The first-order valence-corrected chi connectivity index (χ1v) is 16.8. The molecule has 2 N–H and O–H groups in total. The summed E-state index contributed by atoms with van der Waals surface area (Å²) < 4.78 is 19.0. The van der Waals surface area contributed by atoms with Crippen molar-refractivity contribution >= 4 is 17.7 Å². The summed E-state index contributed by atoms with van der Waals surface area (Å²) in [5.41, 5.74) is 6.62. The van der Waals surface area contributed by atoms with Crippen LogP contribution in [0.15, 0.2) is 132 Å². The van der Waals surface area contributed by atoms with E-state index in [9.17, 15) is 9.90 Å². The van der Waals surface area contributed by atoms with E-state index in [0.29, 0.717) is 12.1 Å². The minimum absolute atomic E-state index is 0.000140. The second-order valence-corrected chi connectivity index (χ2v) is 12.7. The molecule has 1 saturated heterocycles. The summed E-state index contributed by atoms with van der Waals surface area (Å²) >= 11 is 1.72. The van der Waals surface area contributed by atoms with E-state index in [1.165, 1.54) is 0 Å². The van der Waals surface area contributed by atoms with Gasteiger partial charge in [-0.15, -0.1) is 11.8 Å². The highest BCUT2D eigenvalue weighted by Crippen LogP contribution is 2.44. The molecule has 6 rings (SSSR count). The van der Waals surface area contributed by atoms with Gasteiger partial charge in [0.2, 0.25) is 0 Å². The number of benzene rings is 5. The Kier molecular flexibility index (Phi) is 10.7. The zero-order chi connectivity index (χ0) is 32.6. The van der Waals surface area contributed by atoms with Crippen LogP contribution < -0.4 is 10.1 Å². The third kappa shape index (κ3) is 7.77. The number of para-hydroxylation sites is 1. The predicted molar refractivity (Wildman–Crippen MR) is 186 cm³/mol. The number of carbonyl (C=O) groups is 1. The van der Waals surface area contributed by atoms with E-state index < -0.39 is 6.29 Å². The van der Waals surface area contributed by atoms with Crippen LogP contribution >= 0.6 is 11.8 Å². The molecule has 0 spiro atoms. The third-order valence-corrected chi connectivity index (χ3v) is 9.73. The van der Waals surface area contributed by atoms with Crippen molar-refractivity contribution in [2.45, 2.75) is 43.5 Å². The Balaban J connectivity index is 1.22. The fraction of sp³-hybridized carbons (Fsp3) is 0.225. The maximum Gasteiger partial charge on any atom is 0.251 e. The molecule has 0 bridgehead atoms. The quantitative estimate of drug-likeness (QED) is 0.141. The van der Waals surface area contributed by atoms with Crippen LogP contribution in [-0.2, 0) is 22.6 Å². The number of rotatable bonds is 11. The Bertz CT molecular complexity index is 1760. The number of amides is 1. The van der Waals surface area contributed by atoms with Crippen molar-refractivity contribution in [2.75, 3.05) is 12.9 Å². The SMILES string of the molecule is COc1ccccc1SC[C@H]1O[C@@H](c2ccc(-c3ccccc3CNC(=O)c3ccccc3)cc2)O[C@@H](c2ccc(CO)cc2)[C@H]1C. The molecular weight excluding hydrogens is 607 g/mol. The lowest BCUT2D eigenvalue weighted by Crippen LogP contribution is -2.38. The summed E-state index contributed by atoms with van der Waals surface area (Å²) in [4.78, 5) is 13.8. The number of aliphatic hydroxyl groups excluding tert-OH is 1. The summed E-state index contributed by atoms with van der Waals surface area (Å²) in [6, 6.07) is 41.7. The van der Waals surface area contributed by atoms with E-state index >= 15 is 0 Å². The minimum Gasteiger partial charge on any atom is -0.496 e. The first-order chi connectivity index (χ1) is 23.0. The average molecular weight is 646 g/mol. The highest BCUT2D eigenvalue weighted by atomic mass is 32.2. The summed E-state index contributed by atoms with van der Waals surface area (Å²) in [6.45, 7) is 2.59. The second-order valence-electron chi connectivity index (χ2n) is 11.6. The number of hydrogen-bond donors (Lipinski definition) is 2. The van der Waals surface area contributed by atoms with Crippen LogP contribution in [0, 0.1) is 5.92 Å². The Morgan fingerprint density at radius 1 is 0.809 bits per heavy atom. The van der Waals surface area contributed by atoms with Crippen molar-refractivity contribution in [1.29, 1.82) is 0 Å². The smallest absolute Gasteiger partial charge is 0.251 e. The molecule has 7 heteroatoms. The summed E-state index contributed by atoms with van der Waals surface area (Å²) in [5.74, 6) is 1.55. The molecule has 5 aromatic carbocycles. The van der Waals surface area contributed by atoms with Gasteiger partial charge in [-0.1, -0.05) is 110 Å². The first kappa shape index (κ1) is 32.5. The third-order valence-electron chi connectivity index (χ3n) is 8.58. The predicted octanol–water partition coefficient (Wildman–Crippen LogP) is 8.37. The molecule has 5 aromatic rings. The minimum atomic E-state index is -0.563. The van der Waals surface area contributed by atoms with Crippen molar-refractivity contribution in [3.8, 4) is 16.9 Å². The van der Waals surface area contributed by atoms with Gasteiger partial charge in [0.15, 0.2) is 6.29 Å². The van der Waals surface area contributed by atoms with Gasteiger partial charge >= 0.3 is 0 Å². The largest absolute Gasteiger partial charge is 0.496 e. The lowest BCUT2D eigenvalue weighted by Gasteiger charge is -2.41. The molecule has 0 aromatic heterocycles. The zero-order valence-corrected chi connectivity index (χ0v) is 27.4. The highest BCUT2D eigenvalue weighted by molar-refractivity contribution is 7.99. The van der Waals surface area contributed by atoms with Crippen LogP contribution in [0.2, 0.25) is 0 Å². The Morgan fingerprint density at radius 2 is 1.49 bits per heavy atom.